The maximum absolute atomic E-state index is 12.5. The van der Waals surface area contributed by atoms with E-state index in [9.17, 15) is 4.79 Å². The van der Waals surface area contributed by atoms with Crippen LogP contribution in [0.15, 0.2) is 56.5 Å². The maximum Gasteiger partial charge on any atom is 0.261 e. The topological polar surface area (TPSA) is 60.9 Å². The van der Waals surface area contributed by atoms with Crippen LogP contribution in [0.25, 0.3) is 10.9 Å². The van der Waals surface area contributed by atoms with Gasteiger partial charge in [-0.1, -0.05) is 31.9 Å². The van der Waals surface area contributed by atoms with E-state index < -0.39 is 0 Å². The zero-order valence-corrected chi connectivity index (χ0v) is 14.1. The minimum atomic E-state index is -0.0696. The van der Waals surface area contributed by atoms with Gasteiger partial charge in [0.1, 0.15) is 0 Å². The van der Waals surface area contributed by atoms with Gasteiger partial charge in [-0.15, -0.1) is 0 Å². The lowest BCUT2D eigenvalue weighted by Gasteiger charge is -2.08. The van der Waals surface area contributed by atoms with Crippen LogP contribution in [-0.2, 0) is 6.54 Å². The molecule has 3 rings (SSSR count). The molecule has 0 atom stereocenters. The number of anilines is 1. The predicted octanol–water partition coefficient (Wildman–Crippen LogP) is 3.55. The molecule has 2 N–H and O–H groups in total. The summed E-state index contributed by atoms with van der Waals surface area (Å²) in [5, 5.41) is 0.592. The number of hydrogen-bond donors (Lipinski definition) is 1. The lowest BCUT2D eigenvalue weighted by atomic mass is 10.2. The third kappa shape index (κ3) is 3.01. The van der Waals surface area contributed by atoms with Gasteiger partial charge in [0.05, 0.1) is 23.8 Å². The van der Waals surface area contributed by atoms with Crippen LogP contribution in [-0.4, -0.2) is 9.55 Å². The van der Waals surface area contributed by atoms with E-state index in [1.807, 2.05) is 30.3 Å². The molecule has 4 nitrogen and oxygen atoms in total. The Kier molecular flexibility index (Phi) is 3.82. The molecular weight excluding hydrogens is 398 g/mol. The molecule has 0 aliphatic heterocycles. The summed E-state index contributed by atoms with van der Waals surface area (Å²) in [6, 6.07) is 11.1. The van der Waals surface area contributed by atoms with Crippen molar-refractivity contribution in [1.82, 2.24) is 9.55 Å². The molecule has 0 radical (unpaired) electrons. The molecule has 0 unspecified atom stereocenters. The first kappa shape index (κ1) is 14.3. The Hall–Kier alpha value is -1.66. The second-order valence-electron chi connectivity index (χ2n) is 4.73. The molecule has 3 aromatic rings. The maximum atomic E-state index is 12.5. The van der Waals surface area contributed by atoms with Gasteiger partial charge in [0.25, 0.3) is 5.56 Å². The van der Waals surface area contributed by atoms with Crippen LogP contribution in [0.3, 0.4) is 0 Å². The highest BCUT2D eigenvalue weighted by Crippen LogP contribution is 2.18. The Bertz CT molecular complexity index is 869. The van der Waals surface area contributed by atoms with Crippen molar-refractivity contribution in [3.8, 4) is 0 Å². The number of hydrogen-bond acceptors (Lipinski definition) is 3. The van der Waals surface area contributed by atoms with Crippen LogP contribution < -0.4 is 11.3 Å². The van der Waals surface area contributed by atoms with Crippen LogP contribution in [0, 0.1) is 0 Å². The van der Waals surface area contributed by atoms with Gasteiger partial charge in [0.15, 0.2) is 0 Å². The predicted molar refractivity (Wildman–Crippen MR) is 91.4 cm³/mol. The number of nitrogen functional groups attached to an aromatic ring is 1. The fourth-order valence-electron chi connectivity index (χ4n) is 2.21. The van der Waals surface area contributed by atoms with Crippen LogP contribution in [0.4, 0.5) is 5.69 Å². The monoisotopic (exact) mass is 407 g/mol. The summed E-state index contributed by atoms with van der Waals surface area (Å²) < 4.78 is 3.33. The van der Waals surface area contributed by atoms with Crippen molar-refractivity contribution in [3.63, 3.8) is 0 Å². The molecule has 0 fully saturated rings. The Balaban J connectivity index is 2.08. The molecule has 0 saturated carbocycles. The minimum Gasteiger partial charge on any atom is -0.399 e. The summed E-state index contributed by atoms with van der Waals surface area (Å²) in [6.45, 7) is 0.428. The third-order valence-electron chi connectivity index (χ3n) is 3.12. The second-order valence-corrected chi connectivity index (χ2v) is 6.56. The van der Waals surface area contributed by atoms with E-state index in [1.54, 1.807) is 17.0 Å². The number of rotatable bonds is 2. The van der Waals surface area contributed by atoms with E-state index in [1.165, 1.54) is 0 Å². The molecule has 0 amide bonds. The Morgan fingerprint density at radius 1 is 1.10 bits per heavy atom. The molecular formula is C15H11Br2N3O. The summed E-state index contributed by atoms with van der Waals surface area (Å²) in [7, 11) is 0. The second kappa shape index (κ2) is 5.61. The number of nitrogens with zero attached hydrogens (tertiary/aromatic N) is 2. The van der Waals surface area contributed by atoms with E-state index in [4.69, 9.17) is 5.73 Å². The molecule has 106 valence electrons. The minimum absolute atomic E-state index is 0.0696. The number of halogens is 2. The van der Waals surface area contributed by atoms with Crippen LogP contribution >= 0.6 is 31.9 Å². The van der Waals surface area contributed by atoms with Crippen molar-refractivity contribution in [3.05, 3.63) is 67.6 Å². The summed E-state index contributed by atoms with van der Waals surface area (Å²) in [6.07, 6.45) is 1.57. The molecule has 0 bridgehead atoms. The first-order chi connectivity index (χ1) is 10.0. The van der Waals surface area contributed by atoms with Gasteiger partial charge in [-0.3, -0.25) is 9.36 Å². The smallest absolute Gasteiger partial charge is 0.261 e. The van der Waals surface area contributed by atoms with Crippen LogP contribution in [0.5, 0.6) is 0 Å². The first-order valence-corrected chi connectivity index (χ1v) is 7.81. The lowest BCUT2D eigenvalue weighted by Crippen LogP contribution is -2.21. The summed E-state index contributed by atoms with van der Waals surface area (Å²) in [5.41, 5.74) is 8.04. The van der Waals surface area contributed by atoms with Gasteiger partial charge < -0.3 is 5.73 Å². The SMILES string of the molecule is Nc1cc(Br)cc(Cn2cnc3ccc(Br)cc3c2=O)c1. The van der Waals surface area contributed by atoms with E-state index in [0.717, 1.165) is 14.5 Å². The molecule has 21 heavy (non-hydrogen) atoms. The van der Waals surface area contributed by atoms with E-state index in [2.05, 4.69) is 36.8 Å². The fraction of sp³-hybridized carbons (Fsp3) is 0.0667. The quantitative estimate of drug-likeness (QED) is 0.659. The van der Waals surface area contributed by atoms with E-state index in [0.29, 0.717) is 23.1 Å². The molecule has 2 aromatic carbocycles. The molecule has 0 saturated heterocycles. The average molecular weight is 409 g/mol. The van der Waals surface area contributed by atoms with Crippen molar-refractivity contribution >= 4 is 48.5 Å². The first-order valence-electron chi connectivity index (χ1n) is 6.22. The normalized spacial score (nSPS) is 11.0. The number of nitrogens with two attached hydrogens (primary N) is 1. The number of benzene rings is 2. The average Bonchev–Trinajstić information content (AvgIpc) is 2.41. The standard InChI is InChI=1S/C15H11Br2N3O/c16-10-1-2-14-13(6-10)15(21)20(8-19-14)7-9-3-11(17)5-12(18)4-9/h1-6,8H,7,18H2. The number of aromatic nitrogens is 2. The molecule has 0 aliphatic carbocycles. The lowest BCUT2D eigenvalue weighted by molar-refractivity contribution is 0.748. The number of fused-ring (bicyclic) bond motifs is 1. The van der Waals surface area contributed by atoms with Gasteiger partial charge in [-0.25, -0.2) is 4.98 Å². The van der Waals surface area contributed by atoms with Crippen molar-refractivity contribution in [2.24, 2.45) is 0 Å². The van der Waals surface area contributed by atoms with E-state index >= 15 is 0 Å². The molecule has 1 aromatic heterocycles. The molecule has 1 heterocycles. The summed E-state index contributed by atoms with van der Waals surface area (Å²) in [4.78, 5) is 16.8. The van der Waals surface area contributed by atoms with Crippen LogP contribution in [0.1, 0.15) is 5.56 Å². The van der Waals surface area contributed by atoms with Gasteiger partial charge in [0, 0.05) is 14.6 Å². The summed E-state index contributed by atoms with van der Waals surface area (Å²) in [5.74, 6) is 0. The van der Waals surface area contributed by atoms with E-state index in [-0.39, 0.29) is 5.56 Å². The van der Waals surface area contributed by atoms with Crippen LogP contribution in [0.2, 0.25) is 0 Å². The van der Waals surface area contributed by atoms with Gasteiger partial charge >= 0.3 is 0 Å². The highest BCUT2D eigenvalue weighted by Gasteiger charge is 2.06. The molecule has 6 heteroatoms. The highest BCUT2D eigenvalue weighted by atomic mass is 79.9. The van der Waals surface area contributed by atoms with Crippen molar-refractivity contribution in [1.29, 1.82) is 0 Å². The highest BCUT2D eigenvalue weighted by molar-refractivity contribution is 9.10. The van der Waals surface area contributed by atoms with Gasteiger partial charge in [-0.05, 0) is 42.0 Å². The Morgan fingerprint density at radius 2 is 1.90 bits per heavy atom. The fourth-order valence-corrected chi connectivity index (χ4v) is 3.13. The molecule has 0 spiro atoms. The molecule has 0 aliphatic rings. The Labute approximate surface area is 137 Å². The third-order valence-corrected chi connectivity index (χ3v) is 4.07. The summed E-state index contributed by atoms with van der Waals surface area (Å²) >= 11 is 6.78. The van der Waals surface area contributed by atoms with Gasteiger partial charge in [-0.2, -0.15) is 0 Å². The van der Waals surface area contributed by atoms with Crippen molar-refractivity contribution in [2.45, 2.75) is 6.54 Å². The van der Waals surface area contributed by atoms with Crippen molar-refractivity contribution < 1.29 is 0 Å². The largest absolute Gasteiger partial charge is 0.399 e. The zero-order valence-electron chi connectivity index (χ0n) is 10.9. The van der Waals surface area contributed by atoms with Crippen molar-refractivity contribution in [2.75, 3.05) is 5.73 Å². The van der Waals surface area contributed by atoms with Gasteiger partial charge in [0.2, 0.25) is 0 Å². The zero-order chi connectivity index (χ0) is 15.0. The Morgan fingerprint density at radius 3 is 2.67 bits per heavy atom.